The second kappa shape index (κ2) is 10.8. The number of allylic oxidation sites excluding steroid dienone is 7. The Morgan fingerprint density at radius 1 is 0.902 bits per heavy atom. The van der Waals surface area contributed by atoms with Gasteiger partial charge in [0.15, 0.2) is 5.65 Å². The Labute approximate surface area is 238 Å². The smallest absolute Gasteiger partial charge is 0.253 e. The average Bonchev–Trinajstić information content (AvgIpc) is 3.12. The summed E-state index contributed by atoms with van der Waals surface area (Å²) in [6.07, 6.45) is 20.1. The number of fused-ring (bicyclic) bond motifs is 3. The average molecular weight is 540 g/mol. The van der Waals surface area contributed by atoms with Crippen molar-refractivity contribution in [3.8, 4) is 0 Å². The van der Waals surface area contributed by atoms with Crippen LogP contribution in [-0.2, 0) is 0 Å². The molecule has 0 radical (unpaired) electrons. The van der Waals surface area contributed by atoms with Crippen LogP contribution in [0.3, 0.4) is 0 Å². The number of nitrogens with zero attached hydrogens (tertiary/aromatic N) is 6. The van der Waals surface area contributed by atoms with E-state index in [1.165, 1.54) is 5.57 Å². The Balaban J connectivity index is 1.10. The highest BCUT2D eigenvalue weighted by molar-refractivity contribution is 6.10. The first-order valence-electron chi connectivity index (χ1n) is 13.9. The summed E-state index contributed by atoms with van der Waals surface area (Å²) in [4.78, 5) is 33.9. The molecule has 0 unspecified atom stereocenters. The van der Waals surface area contributed by atoms with E-state index >= 15 is 0 Å². The van der Waals surface area contributed by atoms with Crippen LogP contribution in [0.25, 0.3) is 16.7 Å². The van der Waals surface area contributed by atoms with Gasteiger partial charge in [-0.3, -0.25) is 14.8 Å². The van der Waals surface area contributed by atoms with Gasteiger partial charge in [-0.1, -0.05) is 18.2 Å². The minimum absolute atomic E-state index is 0.0583. The van der Waals surface area contributed by atoms with Crippen LogP contribution in [0.4, 0.5) is 11.4 Å². The lowest BCUT2D eigenvalue weighted by atomic mass is 10.0. The van der Waals surface area contributed by atoms with Crippen LogP contribution in [0.15, 0.2) is 114 Å². The summed E-state index contributed by atoms with van der Waals surface area (Å²) in [5.41, 5.74) is 7.53. The third-order valence-corrected chi connectivity index (χ3v) is 7.73. The number of hydrogen-bond acceptors (Lipinski definition) is 6. The number of likely N-dealkylation sites (tertiary alicyclic amines) is 1. The quantitative estimate of drug-likeness (QED) is 0.322. The molecule has 8 heteroatoms. The SMILES string of the molecule is O=C(c1ccc(Nc2ccncc2)cc1)N1CCC(n2c(C3=CC4=CC=CC=C(C4)N=C3)nc3cccnc32)CC1. The predicted octanol–water partition coefficient (Wildman–Crippen LogP) is 6.29. The number of amides is 1. The van der Waals surface area contributed by atoms with Crippen molar-refractivity contribution < 1.29 is 4.79 Å². The topological polar surface area (TPSA) is 88.3 Å². The van der Waals surface area contributed by atoms with E-state index < -0.39 is 0 Å². The molecule has 1 amide bonds. The first-order valence-corrected chi connectivity index (χ1v) is 13.9. The minimum atomic E-state index is 0.0583. The molecule has 3 aromatic heterocycles. The maximum atomic E-state index is 13.4. The summed E-state index contributed by atoms with van der Waals surface area (Å²) in [5.74, 6) is 0.934. The molecule has 1 aromatic carbocycles. The number of benzene rings is 1. The Hall–Kier alpha value is -5.11. The number of piperidine rings is 1. The van der Waals surface area contributed by atoms with Crippen molar-refractivity contribution in [2.75, 3.05) is 18.4 Å². The molecule has 202 valence electrons. The van der Waals surface area contributed by atoms with Crippen molar-refractivity contribution in [2.45, 2.75) is 25.3 Å². The first kappa shape index (κ1) is 24.9. The van der Waals surface area contributed by atoms with Gasteiger partial charge in [0.2, 0.25) is 0 Å². The summed E-state index contributed by atoms with van der Waals surface area (Å²) in [5, 5.41) is 3.33. The molecular weight excluding hydrogens is 510 g/mol. The largest absolute Gasteiger partial charge is 0.355 e. The second-order valence-corrected chi connectivity index (χ2v) is 10.4. The molecule has 0 saturated carbocycles. The number of pyridine rings is 2. The Morgan fingerprint density at radius 2 is 1.68 bits per heavy atom. The van der Waals surface area contributed by atoms with Crippen LogP contribution in [0.5, 0.6) is 0 Å². The summed E-state index contributed by atoms with van der Waals surface area (Å²) in [6, 6.07) is 15.6. The highest BCUT2D eigenvalue weighted by atomic mass is 16.2. The van der Waals surface area contributed by atoms with E-state index in [-0.39, 0.29) is 11.9 Å². The van der Waals surface area contributed by atoms with E-state index in [1.54, 1.807) is 12.4 Å². The van der Waals surface area contributed by atoms with Gasteiger partial charge in [-0.05, 0) is 79.1 Å². The maximum absolute atomic E-state index is 13.4. The fraction of sp³-hybridized carbons (Fsp3) is 0.182. The highest BCUT2D eigenvalue weighted by Gasteiger charge is 2.29. The van der Waals surface area contributed by atoms with E-state index in [2.05, 4.69) is 39.2 Å². The molecule has 5 heterocycles. The van der Waals surface area contributed by atoms with E-state index in [0.29, 0.717) is 18.7 Å². The van der Waals surface area contributed by atoms with Crippen LogP contribution in [-0.4, -0.2) is 49.6 Å². The lowest BCUT2D eigenvalue weighted by Crippen LogP contribution is -2.39. The van der Waals surface area contributed by atoms with Crippen LogP contribution >= 0.6 is 0 Å². The summed E-state index contributed by atoms with van der Waals surface area (Å²) >= 11 is 0. The standard InChI is InChI=1S/C33H29N7O/c41-33(24-7-9-26(10-8-24)37-27-11-16-34-17-12-27)39-18-13-29(14-19-39)40-31(38-30-6-3-15-35-32(30)40)25-20-23-4-1-2-5-28(21-23)36-22-25/h1-12,15-17,20,22,29H,13-14,18-19,21H2,(H,34,37). The van der Waals surface area contributed by atoms with Gasteiger partial charge in [0, 0.05) is 78.6 Å². The maximum Gasteiger partial charge on any atom is 0.253 e. The van der Waals surface area contributed by atoms with E-state index in [0.717, 1.165) is 58.9 Å². The highest BCUT2D eigenvalue weighted by Crippen LogP contribution is 2.33. The monoisotopic (exact) mass is 539 g/mol. The lowest BCUT2D eigenvalue weighted by Gasteiger charge is -2.33. The Bertz CT molecular complexity index is 1750. The van der Waals surface area contributed by atoms with Crippen LogP contribution < -0.4 is 5.32 Å². The second-order valence-electron chi connectivity index (χ2n) is 10.4. The van der Waals surface area contributed by atoms with Crippen molar-refractivity contribution in [1.29, 1.82) is 0 Å². The van der Waals surface area contributed by atoms with Gasteiger partial charge in [0.05, 0.1) is 0 Å². The summed E-state index contributed by atoms with van der Waals surface area (Å²) < 4.78 is 2.27. The van der Waals surface area contributed by atoms with Gasteiger partial charge in [-0.2, -0.15) is 0 Å². The molecule has 1 saturated heterocycles. The van der Waals surface area contributed by atoms with Gasteiger partial charge >= 0.3 is 0 Å². The molecule has 2 bridgehead atoms. The fourth-order valence-electron chi connectivity index (χ4n) is 5.66. The predicted molar refractivity (Wildman–Crippen MR) is 162 cm³/mol. The zero-order valence-electron chi connectivity index (χ0n) is 22.5. The molecule has 8 nitrogen and oxygen atoms in total. The summed E-state index contributed by atoms with van der Waals surface area (Å²) in [7, 11) is 0. The van der Waals surface area contributed by atoms with E-state index in [4.69, 9.17) is 15.0 Å². The minimum Gasteiger partial charge on any atom is -0.355 e. The number of anilines is 2. The number of carbonyl (C=O) groups is 1. The Kier molecular flexibility index (Phi) is 6.56. The Morgan fingerprint density at radius 3 is 2.51 bits per heavy atom. The van der Waals surface area contributed by atoms with Crippen LogP contribution in [0.1, 0.15) is 41.5 Å². The number of rotatable bonds is 5. The first-order chi connectivity index (χ1) is 20.2. The number of aromatic nitrogens is 4. The molecule has 0 atom stereocenters. The van der Waals surface area contributed by atoms with Crippen molar-refractivity contribution in [1.82, 2.24) is 24.4 Å². The zero-order chi connectivity index (χ0) is 27.6. The molecule has 2 aliphatic heterocycles. The molecule has 1 fully saturated rings. The number of imidazole rings is 1. The molecule has 0 spiro atoms. The van der Waals surface area contributed by atoms with Gasteiger partial charge in [0.25, 0.3) is 5.91 Å². The normalized spacial score (nSPS) is 17.0. The van der Waals surface area contributed by atoms with E-state index in [1.807, 2.05) is 71.9 Å². The fourth-order valence-corrected chi connectivity index (χ4v) is 5.66. The van der Waals surface area contributed by atoms with Gasteiger partial charge in [-0.25, -0.2) is 9.97 Å². The van der Waals surface area contributed by atoms with Crippen molar-refractivity contribution in [3.63, 3.8) is 0 Å². The molecule has 4 aromatic rings. The lowest BCUT2D eigenvalue weighted by molar-refractivity contribution is 0.0695. The molecular formula is C33H29N7O. The third-order valence-electron chi connectivity index (χ3n) is 7.73. The third kappa shape index (κ3) is 5.12. The number of hydrogen-bond donors (Lipinski definition) is 1. The number of aliphatic imine (C=N–C) groups is 1. The van der Waals surface area contributed by atoms with Gasteiger partial charge in [-0.15, -0.1) is 0 Å². The number of carbonyl (C=O) groups excluding carboxylic acids is 1. The molecule has 7 rings (SSSR count). The van der Waals surface area contributed by atoms with Crippen molar-refractivity contribution >= 4 is 40.2 Å². The molecule has 1 N–H and O–H groups in total. The number of nitrogens with one attached hydrogen (secondary N) is 1. The van der Waals surface area contributed by atoms with Gasteiger partial charge in [0.1, 0.15) is 11.3 Å². The van der Waals surface area contributed by atoms with E-state index in [9.17, 15) is 4.79 Å². The molecule has 3 aliphatic rings. The van der Waals surface area contributed by atoms with Crippen molar-refractivity contribution in [2.24, 2.45) is 4.99 Å². The van der Waals surface area contributed by atoms with Crippen LogP contribution in [0.2, 0.25) is 0 Å². The zero-order valence-corrected chi connectivity index (χ0v) is 22.5. The van der Waals surface area contributed by atoms with Crippen LogP contribution in [0, 0.1) is 0 Å². The van der Waals surface area contributed by atoms with Gasteiger partial charge < -0.3 is 14.8 Å². The molecule has 1 aliphatic carbocycles. The summed E-state index contributed by atoms with van der Waals surface area (Å²) in [6.45, 7) is 1.34. The molecule has 41 heavy (non-hydrogen) atoms. The van der Waals surface area contributed by atoms with Crippen molar-refractivity contribution in [3.05, 3.63) is 120 Å².